The third kappa shape index (κ3) is 1.54. The number of fused-ring (bicyclic) bond motifs is 1. The molecule has 1 aliphatic rings. The van der Waals surface area contributed by atoms with Crippen LogP contribution in [0.5, 0.6) is 0 Å². The van der Waals surface area contributed by atoms with Crippen molar-refractivity contribution in [2.24, 2.45) is 0 Å². The smallest absolute Gasteiger partial charge is 0.0880 e. The van der Waals surface area contributed by atoms with Crippen molar-refractivity contribution >= 4 is 11.0 Å². The van der Waals surface area contributed by atoms with E-state index in [0.29, 0.717) is 6.04 Å². The SMILES string of the molecule is c1cnc2ccn(C3CCCCC3)c2c1. The fourth-order valence-corrected chi connectivity index (χ4v) is 2.66. The van der Waals surface area contributed by atoms with Crippen LogP contribution in [0.15, 0.2) is 30.6 Å². The molecule has 0 amide bonds. The van der Waals surface area contributed by atoms with E-state index in [-0.39, 0.29) is 0 Å². The lowest BCUT2D eigenvalue weighted by atomic mass is 9.95. The molecule has 0 bridgehead atoms. The van der Waals surface area contributed by atoms with Crippen LogP contribution in [0.4, 0.5) is 0 Å². The molecule has 0 radical (unpaired) electrons. The van der Waals surface area contributed by atoms with Gasteiger partial charge in [0.25, 0.3) is 0 Å². The van der Waals surface area contributed by atoms with Gasteiger partial charge in [-0.15, -0.1) is 0 Å². The van der Waals surface area contributed by atoms with E-state index in [1.54, 1.807) is 0 Å². The zero-order chi connectivity index (χ0) is 10.1. The fourth-order valence-electron chi connectivity index (χ4n) is 2.66. The highest BCUT2D eigenvalue weighted by Crippen LogP contribution is 2.30. The maximum Gasteiger partial charge on any atom is 0.0880 e. The molecule has 2 nitrogen and oxygen atoms in total. The minimum Gasteiger partial charge on any atom is -0.343 e. The molecule has 0 atom stereocenters. The molecule has 0 saturated heterocycles. The normalized spacial score (nSPS) is 18.4. The molecule has 0 N–H and O–H groups in total. The van der Waals surface area contributed by atoms with Crippen LogP contribution in [0.25, 0.3) is 11.0 Å². The summed E-state index contributed by atoms with van der Waals surface area (Å²) in [5, 5.41) is 0. The van der Waals surface area contributed by atoms with Gasteiger partial charge in [-0.3, -0.25) is 4.98 Å². The number of rotatable bonds is 1. The van der Waals surface area contributed by atoms with Gasteiger partial charge in [0.1, 0.15) is 0 Å². The Morgan fingerprint density at radius 1 is 1.13 bits per heavy atom. The highest BCUT2D eigenvalue weighted by atomic mass is 15.0. The van der Waals surface area contributed by atoms with Crippen LogP contribution >= 0.6 is 0 Å². The van der Waals surface area contributed by atoms with Gasteiger partial charge < -0.3 is 4.57 Å². The largest absolute Gasteiger partial charge is 0.343 e. The van der Waals surface area contributed by atoms with Crippen molar-refractivity contribution in [1.29, 1.82) is 0 Å². The third-order valence-corrected chi connectivity index (χ3v) is 3.46. The van der Waals surface area contributed by atoms with Crippen LogP contribution in [-0.4, -0.2) is 9.55 Å². The Bertz CT molecular complexity index is 452. The molecule has 0 spiro atoms. The molecule has 2 heterocycles. The highest BCUT2D eigenvalue weighted by molar-refractivity contribution is 5.75. The predicted molar refractivity (Wildman–Crippen MR) is 61.9 cm³/mol. The number of aromatic nitrogens is 2. The zero-order valence-corrected chi connectivity index (χ0v) is 8.89. The number of nitrogens with zero attached hydrogens (tertiary/aromatic N) is 2. The topological polar surface area (TPSA) is 17.8 Å². The molecular weight excluding hydrogens is 184 g/mol. The highest BCUT2D eigenvalue weighted by Gasteiger charge is 2.16. The molecule has 2 aromatic heterocycles. The van der Waals surface area contributed by atoms with Gasteiger partial charge in [-0.1, -0.05) is 19.3 Å². The molecule has 0 unspecified atom stereocenters. The van der Waals surface area contributed by atoms with Crippen molar-refractivity contribution in [3.63, 3.8) is 0 Å². The van der Waals surface area contributed by atoms with E-state index in [1.807, 2.05) is 12.3 Å². The molecule has 15 heavy (non-hydrogen) atoms. The Morgan fingerprint density at radius 2 is 2.00 bits per heavy atom. The van der Waals surface area contributed by atoms with Crippen molar-refractivity contribution in [3.05, 3.63) is 30.6 Å². The Labute approximate surface area is 89.9 Å². The van der Waals surface area contributed by atoms with Gasteiger partial charge in [0.2, 0.25) is 0 Å². The molecule has 2 aromatic rings. The van der Waals surface area contributed by atoms with Crippen molar-refractivity contribution < 1.29 is 0 Å². The second kappa shape index (κ2) is 3.69. The van der Waals surface area contributed by atoms with Crippen LogP contribution in [-0.2, 0) is 0 Å². The molecule has 1 fully saturated rings. The summed E-state index contributed by atoms with van der Waals surface area (Å²) < 4.78 is 2.42. The van der Waals surface area contributed by atoms with Crippen LogP contribution in [0.2, 0.25) is 0 Å². The van der Waals surface area contributed by atoms with Gasteiger partial charge in [-0.2, -0.15) is 0 Å². The fraction of sp³-hybridized carbons (Fsp3) is 0.462. The molecule has 78 valence electrons. The van der Waals surface area contributed by atoms with E-state index in [4.69, 9.17) is 0 Å². The lowest BCUT2D eigenvalue weighted by Gasteiger charge is -2.24. The van der Waals surface area contributed by atoms with Crippen molar-refractivity contribution in [2.45, 2.75) is 38.1 Å². The molecule has 2 heteroatoms. The minimum atomic E-state index is 0.709. The average Bonchev–Trinajstić information content (AvgIpc) is 2.74. The van der Waals surface area contributed by atoms with Crippen molar-refractivity contribution in [1.82, 2.24) is 9.55 Å². The lowest BCUT2D eigenvalue weighted by Crippen LogP contribution is -2.11. The maximum atomic E-state index is 4.38. The van der Waals surface area contributed by atoms with Crippen molar-refractivity contribution in [2.75, 3.05) is 0 Å². The van der Waals surface area contributed by atoms with Crippen LogP contribution in [0.1, 0.15) is 38.1 Å². The third-order valence-electron chi connectivity index (χ3n) is 3.46. The Kier molecular flexibility index (Phi) is 2.20. The minimum absolute atomic E-state index is 0.709. The summed E-state index contributed by atoms with van der Waals surface area (Å²) in [4.78, 5) is 4.38. The first-order chi connectivity index (χ1) is 7.45. The first-order valence-corrected chi connectivity index (χ1v) is 5.87. The summed E-state index contributed by atoms with van der Waals surface area (Å²) in [6.45, 7) is 0. The standard InChI is InChI=1S/C13H16N2/c1-2-5-11(6-3-1)15-10-8-12-13(15)7-4-9-14-12/h4,7-11H,1-3,5-6H2. The van der Waals surface area contributed by atoms with Gasteiger partial charge >= 0.3 is 0 Å². The second-order valence-electron chi connectivity index (χ2n) is 4.42. The van der Waals surface area contributed by atoms with Gasteiger partial charge in [0.15, 0.2) is 0 Å². The summed E-state index contributed by atoms with van der Waals surface area (Å²) in [5.74, 6) is 0. The summed E-state index contributed by atoms with van der Waals surface area (Å²) >= 11 is 0. The Balaban J connectivity index is 2.02. The van der Waals surface area contributed by atoms with E-state index >= 15 is 0 Å². The summed E-state index contributed by atoms with van der Waals surface area (Å²) in [6, 6.07) is 7.04. The lowest BCUT2D eigenvalue weighted by molar-refractivity contribution is 0.361. The Hall–Kier alpha value is -1.31. The van der Waals surface area contributed by atoms with Gasteiger partial charge in [-0.05, 0) is 31.0 Å². The number of hydrogen-bond acceptors (Lipinski definition) is 1. The molecule has 0 aromatic carbocycles. The quantitative estimate of drug-likeness (QED) is 0.688. The van der Waals surface area contributed by atoms with Gasteiger partial charge in [0, 0.05) is 18.4 Å². The first kappa shape index (κ1) is 8.96. The number of hydrogen-bond donors (Lipinski definition) is 0. The predicted octanol–water partition coefficient (Wildman–Crippen LogP) is 3.54. The van der Waals surface area contributed by atoms with Crippen LogP contribution in [0, 0.1) is 0 Å². The Morgan fingerprint density at radius 3 is 2.87 bits per heavy atom. The number of pyridine rings is 1. The monoisotopic (exact) mass is 200 g/mol. The van der Waals surface area contributed by atoms with E-state index < -0.39 is 0 Å². The average molecular weight is 200 g/mol. The first-order valence-electron chi connectivity index (χ1n) is 5.87. The van der Waals surface area contributed by atoms with E-state index in [0.717, 1.165) is 5.52 Å². The molecule has 3 rings (SSSR count). The van der Waals surface area contributed by atoms with Gasteiger partial charge in [-0.25, -0.2) is 0 Å². The second-order valence-corrected chi connectivity index (χ2v) is 4.42. The van der Waals surface area contributed by atoms with E-state index in [2.05, 4.69) is 27.9 Å². The van der Waals surface area contributed by atoms with Crippen molar-refractivity contribution in [3.8, 4) is 0 Å². The van der Waals surface area contributed by atoms with E-state index in [1.165, 1.54) is 37.6 Å². The summed E-state index contributed by atoms with van der Waals surface area (Å²) in [6.07, 6.45) is 10.9. The summed E-state index contributed by atoms with van der Waals surface area (Å²) in [7, 11) is 0. The molecule has 1 saturated carbocycles. The van der Waals surface area contributed by atoms with Crippen LogP contribution in [0.3, 0.4) is 0 Å². The van der Waals surface area contributed by atoms with Gasteiger partial charge in [0.05, 0.1) is 11.0 Å². The molecule has 1 aliphatic carbocycles. The summed E-state index contributed by atoms with van der Waals surface area (Å²) in [5.41, 5.74) is 2.42. The maximum absolute atomic E-state index is 4.38. The molecule has 0 aliphatic heterocycles. The molecular formula is C13H16N2. The van der Waals surface area contributed by atoms with E-state index in [9.17, 15) is 0 Å². The van der Waals surface area contributed by atoms with Crippen LogP contribution < -0.4 is 0 Å². The zero-order valence-electron chi connectivity index (χ0n) is 8.89.